The fraction of sp³-hybridized carbons (Fsp3) is 0.182. The number of halogens is 2. The summed E-state index contributed by atoms with van der Waals surface area (Å²) in [6.45, 7) is 1.79. The minimum atomic E-state index is -0.237. The molecule has 100 valence electrons. The Balaban J connectivity index is 2.11. The molecule has 0 radical (unpaired) electrons. The fourth-order valence-corrected chi connectivity index (χ4v) is 2.64. The number of amides is 1. The molecule has 19 heavy (non-hydrogen) atoms. The molecule has 0 aliphatic rings. The number of hydrogen-bond donors (Lipinski definition) is 2. The maximum atomic E-state index is 11.9. The number of carbonyl (C=O) groups is 1. The Bertz CT molecular complexity index is 606. The van der Waals surface area contributed by atoms with Gasteiger partial charge in [-0.05, 0) is 18.6 Å². The number of aryl methyl sites for hydroxylation is 1. The highest BCUT2D eigenvalue weighted by molar-refractivity contribution is 7.13. The number of pyridine rings is 1. The highest BCUT2D eigenvalue weighted by Crippen LogP contribution is 2.26. The zero-order valence-corrected chi connectivity index (χ0v) is 12.2. The van der Waals surface area contributed by atoms with Crippen LogP contribution in [0.4, 0.5) is 10.8 Å². The molecule has 0 aliphatic heterocycles. The Morgan fingerprint density at radius 1 is 1.47 bits per heavy atom. The molecule has 0 aliphatic carbocycles. The third-order valence-corrected chi connectivity index (χ3v) is 3.51. The van der Waals surface area contributed by atoms with Gasteiger partial charge >= 0.3 is 0 Å². The molecule has 2 aromatic heterocycles. The number of thiazole rings is 1. The van der Waals surface area contributed by atoms with E-state index in [2.05, 4.69) is 15.3 Å². The van der Waals surface area contributed by atoms with E-state index in [1.165, 1.54) is 11.3 Å². The van der Waals surface area contributed by atoms with Gasteiger partial charge in [0.1, 0.15) is 5.15 Å². The van der Waals surface area contributed by atoms with Crippen molar-refractivity contribution in [1.29, 1.82) is 0 Å². The van der Waals surface area contributed by atoms with Gasteiger partial charge in [-0.15, -0.1) is 11.3 Å². The average Bonchev–Trinajstić information content (AvgIpc) is 2.69. The largest absolute Gasteiger partial charge is 0.375 e. The predicted octanol–water partition coefficient (Wildman–Crippen LogP) is 2.92. The molecular weight excluding hydrogens is 307 g/mol. The van der Waals surface area contributed by atoms with Crippen LogP contribution in [-0.2, 0) is 11.2 Å². The van der Waals surface area contributed by atoms with Crippen molar-refractivity contribution < 1.29 is 4.79 Å². The maximum Gasteiger partial charge on any atom is 0.230 e. The van der Waals surface area contributed by atoms with Crippen molar-refractivity contribution in [1.82, 2.24) is 9.97 Å². The molecule has 0 saturated heterocycles. The molecule has 2 rings (SSSR count). The number of nitrogens with one attached hydrogen (secondary N) is 1. The molecule has 0 fully saturated rings. The van der Waals surface area contributed by atoms with Crippen molar-refractivity contribution in [2.24, 2.45) is 0 Å². The van der Waals surface area contributed by atoms with Crippen molar-refractivity contribution in [3.8, 4) is 0 Å². The fourth-order valence-electron chi connectivity index (χ4n) is 1.50. The third kappa shape index (κ3) is 3.56. The standard InChI is InChI=1S/C11H10Cl2N4OS/c1-5-2-7(12)16-10(13)9(5)17-8(18)3-6-4-19-11(14)15-6/h2,4H,3H2,1H3,(H2,14,15)(H,17,18). The summed E-state index contributed by atoms with van der Waals surface area (Å²) in [6.07, 6.45) is 0.131. The van der Waals surface area contributed by atoms with Crippen LogP contribution in [0.1, 0.15) is 11.3 Å². The van der Waals surface area contributed by atoms with E-state index in [1.54, 1.807) is 18.4 Å². The summed E-state index contributed by atoms with van der Waals surface area (Å²) in [6, 6.07) is 1.63. The van der Waals surface area contributed by atoms with Gasteiger partial charge < -0.3 is 11.1 Å². The molecule has 5 nitrogen and oxygen atoms in total. The van der Waals surface area contributed by atoms with E-state index in [4.69, 9.17) is 28.9 Å². The molecule has 8 heteroatoms. The molecule has 0 saturated carbocycles. The lowest BCUT2D eigenvalue weighted by molar-refractivity contribution is -0.115. The van der Waals surface area contributed by atoms with Gasteiger partial charge in [-0.1, -0.05) is 23.2 Å². The summed E-state index contributed by atoms with van der Waals surface area (Å²) in [7, 11) is 0. The van der Waals surface area contributed by atoms with E-state index < -0.39 is 0 Å². The number of anilines is 2. The molecule has 3 N–H and O–H groups in total. The lowest BCUT2D eigenvalue weighted by Crippen LogP contribution is -2.16. The van der Waals surface area contributed by atoms with Crippen molar-refractivity contribution >= 4 is 51.3 Å². The van der Waals surface area contributed by atoms with E-state index >= 15 is 0 Å². The van der Waals surface area contributed by atoms with Crippen molar-refractivity contribution in [3.05, 3.63) is 33.0 Å². The second-order valence-corrected chi connectivity index (χ2v) is 5.46. The summed E-state index contributed by atoms with van der Waals surface area (Å²) in [4.78, 5) is 19.8. The first-order valence-corrected chi connectivity index (χ1v) is 6.91. The van der Waals surface area contributed by atoms with Gasteiger partial charge in [0, 0.05) is 5.38 Å². The van der Waals surface area contributed by atoms with Gasteiger partial charge in [0.2, 0.25) is 5.91 Å². The Labute approximate surface area is 123 Å². The van der Waals surface area contributed by atoms with Crippen LogP contribution in [0.2, 0.25) is 10.3 Å². The van der Waals surface area contributed by atoms with E-state index in [1.807, 2.05) is 0 Å². The smallest absolute Gasteiger partial charge is 0.230 e. The second kappa shape index (κ2) is 5.73. The van der Waals surface area contributed by atoms with Crippen LogP contribution in [0.25, 0.3) is 0 Å². The molecule has 0 spiro atoms. The van der Waals surface area contributed by atoms with Crippen molar-refractivity contribution in [2.45, 2.75) is 13.3 Å². The van der Waals surface area contributed by atoms with Crippen LogP contribution in [0.3, 0.4) is 0 Å². The molecule has 0 aromatic carbocycles. The minimum Gasteiger partial charge on any atom is -0.375 e. The summed E-state index contributed by atoms with van der Waals surface area (Å²) in [5.41, 5.74) is 7.33. The molecular formula is C11H10Cl2N4OS. The molecule has 0 bridgehead atoms. The highest BCUT2D eigenvalue weighted by atomic mass is 35.5. The molecule has 0 atom stereocenters. The summed E-state index contributed by atoms with van der Waals surface area (Å²) < 4.78 is 0. The lowest BCUT2D eigenvalue weighted by atomic mass is 10.2. The van der Waals surface area contributed by atoms with E-state index in [9.17, 15) is 4.79 Å². The van der Waals surface area contributed by atoms with Crippen molar-refractivity contribution in [2.75, 3.05) is 11.1 Å². The Morgan fingerprint density at radius 3 is 2.79 bits per heavy atom. The Kier molecular flexibility index (Phi) is 4.24. The zero-order chi connectivity index (χ0) is 14.0. The highest BCUT2D eigenvalue weighted by Gasteiger charge is 2.12. The quantitative estimate of drug-likeness (QED) is 0.853. The number of aromatic nitrogens is 2. The molecule has 2 aromatic rings. The van der Waals surface area contributed by atoms with E-state index in [0.29, 0.717) is 16.5 Å². The normalized spacial score (nSPS) is 10.5. The number of hydrogen-bond acceptors (Lipinski definition) is 5. The predicted molar refractivity (Wildman–Crippen MR) is 77.9 cm³/mol. The van der Waals surface area contributed by atoms with Crippen LogP contribution in [0.5, 0.6) is 0 Å². The number of carbonyl (C=O) groups excluding carboxylic acids is 1. The first-order chi connectivity index (χ1) is 8.95. The van der Waals surface area contributed by atoms with Crippen LogP contribution in [0, 0.1) is 6.92 Å². The monoisotopic (exact) mass is 316 g/mol. The third-order valence-electron chi connectivity index (χ3n) is 2.32. The number of rotatable bonds is 3. The maximum absolute atomic E-state index is 11.9. The number of nitrogen functional groups attached to an aromatic ring is 1. The Hall–Kier alpha value is -1.37. The number of nitrogens with zero attached hydrogens (tertiary/aromatic N) is 2. The van der Waals surface area contributed by atoms with Gasteiger partial charge in [-0.3, -0.25) is 4.79 Å². The molecule has 2 heterocycles. The van der Waals surface area contributed by atoms with Gasteiger partial charge in [-0.25, -0.2) is 9.97 Å². The number of nitrogens with two attached hydrogens (primary N) is 1. The van der Waals surface area contributed by atoms with Crippen molar-refractivity contribution in [3.63, 3.8) is 0 Å². The van der Waals surface area contributed by atoms with Crippen LogP contribution in [0.15, 0.2) is 11.4 Å². The van der Waals surface area contributed by atoms with E-state index in [-0.39, 0.29) is 22.6 Å². The minimum absolute atomic E-state index is 0.131. The van der Waals surface area contributed by atoms with Crippen LogP contribution >= 0.6 is 34.5 Å². The SMILES string of the molecule is Cc1cc(Cl)nc(Cl)c1NC(=O)Cc1csc(N)n1. The Morgan fingerprint density at radius 2 is 2.21 bits per heavy atom. The van der Waals surface area contributed by atoms with Gasteiger partial charge in [-0.2, -0.15) is 0 Å². The molecule has 0 unspecified atom stereocenters. The topological polar surface area (TPSA) is 80.9 Å². The van der Waals surface area contributed by atoms with Crippen LogP contribution in [-0.4, -0.2) is 15.9 Å². The lowest BCUT2D eigenvalue weighted by Gasteiger charge is -2.09. The first kappa shape index (κ1) is 14.0. The van der Waals surface area contributed by atoms with Gasteiger partial charge in [0.05, 0.1) is 17.8 Å². The van der Waals surface area contributed by atoms with Gasteiger partial charge in [0.15, 0.2) is 10.3 Å². The first-order valence-electron chi connectivity index (χ1n) is 5.28. The second-order valence-electron chi connectivity index (χ2n) is 3.83. The van der Waals surface area contributed by atoms with Crippen LogP contribution < -0.4 is 11.1 Å². The summed E-state index contributed by atoms with van der Waals surface area (Å²) in [5, 5.41) is 5.32. The zero-order valence-electron chi connectivity index (χ0n) is 9.91. The summed E-state index contributed by atoms with van der Waals surface area (Å²) >= 11 is 13.0. The summed E-state index contributed by atoms with van der Waals surface area (Å²) in [5.74, 6) is -0.237. The molecule has 1 amide bonds. The van der Waals surface area contributed by atoms with E-state index in [0.717, 1.165) is 5.56 Å². The average molecular weight is 317 g/mol. The van der Waals surface area contributed by atoms with Gasteiger partial charge in [0.25, 0.3) is 0 Å².